The normalized spacial score (nSPS) is 32.7. The standard InChI is InChI=1S/C18H20F3N3O3/c1-9-14-6-13-10(4-11(18(19,20)21)5-15(13)24(26)27)8-23(14)16(25)17(9)3-2-12(22)7-17/h4-5,9,12,14H,2-3,6-8,22H2,1H3/t9?,12-,14?,17+/m1/s1. The third kappa shape index (κ3) is 2.55. The summed E-state index contributed by atoms with van der Waals surface area (Å²) in [4.78, 5) is 25.4. The SMILES string of the molecule is CC1C2Cc3c(cc(C(F)(F)F)cc3[N+](=O)[O-])CN2C(=O)[C@]12CC[C@@H](N)C2. The van der Waals surface area contributed by atoms with E-state index in [2.05, 4.69) is 0 Å². The van der Waals surface area contributed by atoms with Gasteiger partial charge in [0.25, 0.3) is 5.69 Å². The van der Waals surface area contributed by atoms with Crippen molar-refractivity contribution in [1.82, 2.24) is 4.90 Å². The topological polar surface area (TPSA) is 89.5 Å². The fourth-order valence-electron chi connectivity index (χ4n) is 5.28. The molecular formula is C18H20F3N3O3. The monoisotopic (exact) mass is 383 g/mol. The number of nitro groups is 1. The molecule has 2 N–H and O–H groups in total. The number of benzene rings is 1. The smallest absolute Gasteiger partial charge is 0.334 e. The highest BCUT2D eigenvalue weighted by Crippen LogP contribution is 2.54. The van der Waals surface area contributed by atoms with Crippen molar-refractivity contribution in [2.75, 3.05) is 0 Å². The summed E-state index contributed by atoms with van der Waals surface area (Å²) >= 11 is 0. The number of carbonyl (C=O) groups excluding carboxylic acids is 1. The lowest BCUT2D eigenvalue weighted by Gasteiger charge is -2.33. The summed E-state index contributed by atoms with van der Waals surface area (Å²) < 4.78 is 39.5. The van der Waals surface area contributed by atoms with Gasteiger partial charge in [0.15, 0.2) is 0 Å². The van der Waals surface area contributed by atoms with E-state index in [0.29, 0.717) is 24.5 Å². The highest BCUT2D eigenvalue weighted by Gasteiger charge is 2.60. The number of rotatable bonds is 1. The molecule has 1 aromatic rings. The fourth-order valence-corrected chi connectivity index (χ4v) is 5.28. The Balaban J connectivity index is 1.78. The Morgan fingerprint density at radius 2 is 2.07 bits per heavy atom. The van der Waals surface area contributed by atoms with Crippen LogP contribution in [-0.2, 0) is 23.9 Å². The van der Waals surface area contributed by atoms with Gasteiger partial charge in [-0.3, -0.25) is 14.9 Å². The molecule has 1 aliphatic carbocycles. The van der Waals surface area contributed by atoms with Crippen LogP contribution in [0.25, 0.3) is 0 Å². The zero-order chi connectivity index (χ0) is 19.7. The molecule has 9 heteroatoms. The Hall–Kier alpha value is -2.16. The van der Waals surface area contributed by atoms with E-state index < -0.39 is 27.8 Å². The minimum absolute atomic E-state index is 0.0229. The van der Waals surface area contributed by atoms with Crippen LogP contribution in [-0.4, -0.2) is 27.8 Å². The summed E-state index contributed by atoms with van der Waals surface area (Å²) in [5, 5.41) is 11.4. The van der Waals surface area contributed by atoms with Crippen LogP contribution in [0.5, 0.6) is 0 Å². The molecule has 2 unspecified atom stereocenters. The van der Waals surface area contributed by atoms with Crippen LogP contribution < -0.4 is 5.73 Å². The molecule has 3 aliphatic rings. The first kappa shape index (κ1) is 18.2. The second-order valence-corrected chi connectivity index (χ2v) is 8.04. The van der Waals surface area contributed by atoms with Gasteiger partial charge in [0.05, 0.1) is 15.9 Å². The Kier molecular flexibility index (Phi) is 3.82. The molecule has 1 spiro atoms. The van der Waals surface area contributed by atoms with Gasteiger partial charge < -0.3 is 10.6 Å². The summed E-state index contributed by atoms with van der Waals surface area (Å²) in [6.07, 6.45) is -2.52. The highest BCUT2D eigenvalue weighted by atomic mass is 19.4. The lowest BCUT2D eigenvalue weighted by atomic mass is 9.73. The second-order valence-electron chi connectivity index (χ2n) is 8.04. The molecule has 1 saturated carbocycles. The molecule has 1 saturated heterocycles. The molecule has 1 aromatic carbocycles. The first-order chi connectivity index (χ1) is 12.5. The lowest BCUT2D eigenvalue weighted by Crippen LogP contribution is -2.40. The van der Waals surface area contributed by atoms with Gasteiger partial charge in [-0.15, -0.1) is 0 Å². The van der Waals surface area contributed by atoms with Crippen molar-refractivity contribution < 1.29 is 22.9 Å². The Bertz CT molecular complexity index is 841. The van der Waals surface area contributed by atoms with Gasteiger partial charge in [-0.25, -0.2) is 0 Å². The minimum Gasteiger partial charge on any atom is -0.334 e. The van der Waals surface area contributed by atoms with E-state index in [4.69, 9.17) is 5.73 Å². The predicted molar refractivity (Wildman–Crippen MR) is 89.6 cm³/mol. The quantitative estimate of drug-likeness (QED) is 0.596. The third-order valence-electron chi connectivity index (χ3n) is 6.72. The summed E-state index contributed by atoms with van der Waals surface area (Å²) in [7, 11) is 0. The molecule has 146 valence electrons. The maximum Gasteiger partial charge on any atom is 0.416 e. The van der Waals surface area contributed by atoms with E-state index in [9.17, 15) is 28.1 Å². The van der Waals surface area contributed by atoms with E-state index in [-0.39, 0.29) is 42.4 Å². The van der Waals surface area contributed by atoms with Gasteiger partial charge in [0.2, 0.25) is 5.91 Å². The number of hydrogen-bond donors (Lipinski definition) is 1. The van der Waals surface area contributed by atoms with Crippen LogP contribution in [0.1, 0.15) is 42.9 Å². The van der Waals surface area contributed by atoms with Crippen molar-refractivity contribution in [2.45, 2.75) is 57.4 Å². The molecule has 2 aliphatic heterocycles. The Morgan fingerprint density at radius 3 is 2.63 bits per heavy atom. The largest absolute Gasteiger partial charge is 0.416 e. The van der Waals surface area contributed by atoms with E-state index in [1.165, 1.54) is 0 Å². The number of nitro benzene ring substituents is 1. The average Bonchev–Trinajstić information content (AvgIpc) is 3.07. The van der Waals surface area contributed by atoms with Crippen molar-refractivity contribution in [1.29, 1.82) is 0 Å². The number of halogens is 3. The number of hydrogen-bond acceptors (Lipinski definition) is 4. The summed E-state index contributed by atoms with van der Waals surface area (Å²) in [5.74, 6) is -0.118. The number of fused-ring (bicyclic) bond motifs is 2. The predicted octanol–water partition coefficient (Wildman–Crippen LogP) is 3.01. The number of alkyl halides is 3. The number of nitrogens with zero attached hydrogens (tertiary/aromatic N) is 2. The molecule has 0 radical (unpaired) electrons. The van der Waals surface area contributed by atoms with Crippen molar-refractivity contribution in [3.05, 3.63) is 38.9 Å². The number of carbonyl (C=O) groups is 1. The van der Waals surface area contributed by atoms with Crippen molar-refractivity contribution >= 4 is 11.6 Å². The maximum absolute atomic E-state index is 13.2. The first-order valence-electron chi connectivity index (χ1n) is 8.98. The van der Waals surface area contributed by atoms with Gasteiger partial charge in [0, 0.05) is 36.7 Å². The van der Waals surface area contributed by atoms with Crippen LogP contribution in [0, 0.1) is 21.4 Å². The van der Waals surface area contributed by atoms with Gasteiger partial charge in [0.1, 0.15) is 0 Å². The lowest BCUT2D eigenvalue weighted by molar-refractivity contribution is -0.386. The van der Waals surface area contributed by atoms with Crippen LogP contribution in [0.15, 0.2) is 12.1 Å². The zero-order valence-electron chi connectivity index (χ0n) is 14.8. The van der Waals surface area contributed by atoms with Crippen LogP contribution >= 0.6 is 0 Å². The number of nitrogens with two attached hydrogens (primary N) is 1. The summed E-state index contributed by atoms with van der Waals surface area (Å²) in [6, 6.07) is 1.25. The van der Waals surface area contributed by atoms with Crippen LogP contribution in [0.2, 0.25) is 0 Å². The molecule has 4 atom stereocenters. The third-order valence-corrected chi connectivity index (χ3v) is 6.72. The Morgan fingerprint density at radius 1 is 1.37 bits per heavy atom. The molecular weight excluding hydrogens is 363 g/mol. The van der Waals surface area contributed by atoms with E-state index in [1.54, 1.807) is 4.90 Å². The van der Waals surface area contributed by atoms with Gasteiger partial charge >= 0.3 is 6.18 Å². The van der Waals surface area contributed by atoms with Gasteiger partial charge in [-0.05, 0) is 36.8 Å². The average molecular weight is 383 g/mol. The molecule has 0 aromatic heterocycles. The van der Waals surface area contributed by atoms with E-state index >= 15 is 0 Å². The molecule has 4 rings (SSSR count). The highest BCUT2D eigenvalue weighted by molar-refractivity contribution is 5.87. The van der Waals surface area contributed by atoms with Crippen LogP contribution in [0.4, 0.5) is 18.9 Å². The molecule has 2 heterocycles. The minimum atomic E-state index is -4.68. The van der Waals surface area contributed by atoms with E-state index in [0.717, 1.165) is 12.5 Å². The molecule has 6 nitrogen and oxygen atoms in total. The zero-order valence-corrected chi connectivity index (χ0v) is 14.8. The molecule has 2 fully saturated rings. The van der Waals surface area contributed by atoms with E-state index in [1.807, 2.05) is 6.92 Å². The van der Waals surface area contributed by atoms with Crippen LogP contribution in [0.3, 0.4) is 0 Å². The molecule has 27 heavy (non-hydrogen) atoms. The molecule has 0 bridgehead atoms. The van der Waals surface area contributed by atoms with Crippen molar-refractivity contribution in [3.63, 3.8) is 0 Å². The number of amides is 1. The van der Waals surface area contributed by atoms with Crippen molar-refractivity contribution in [3.8, 4) is 0 Å². The Labute approximate surface area is 153 Å². The molecule has 1 amide bonds. The van der Waals surface area contributed by atoms with Gasteiger partial charge in [-0.1, -0.05) is 6.92 Å². The summed E-state index contributed by atoms with van der Waals surface area (Å²) in [6.45, 7) is 1.94. The fraction of sp³-hybridized carbons (Fsp3) is 0.611. The maximum atomic E-state index is 13.2. The summed E-state index contributed by atoms with van der Waals surface area (Å²) in [5.41, 5.74) is 4.41. The van der Waals surface area contributed by atoms with Gasteiger partial charge in [-0.2, -0.15) is 13.2 Å². The van der Waals surface area contributed by atoms with Crippen molar-refractivity contribution in [2.24, 2.45) is 17.1 Å². The second kappa shape index (κ2) is 5.67. The first-order valence-corrected chi connectivity index (χ1v) is 8.98.